The highest BCUT2D eigenvalue weighted by atomic mass is 16.5. The van der Waals surface area contributed by atoms with E-state index < -0.39 is 12.1 Å². The van der Waals surface area contributed by atoms with E-state index in [0.717, 1.165) is 25.7 Å². The van der Waals surface area contributed by atoms with Crippen LogP contribution in [-0.2, 0) is 9.53 Å². The quantitative estimate of drug-likeness (QED) is 0.0739. The zero-order chi connectivity index (χ0) is 25.1. The van der Waals surface area contributed by atoms with Crippen LogP contribution in [0.3, 0.4) is 0 Å². The zero-order valence-corrected chi connectivity index (χ0v) is 22.9. The molecule has 0 aliphatic heterocycles. The van der Waals surface area contributed by atoms with Crippen LogP contribution in [0.1, 0.15) is 155 Å². The first kappa shape index (κ1) is 33.1. The van der Waals surface area contributed by atoms with Crippen molar-refractivity contribution < 1.29 is 14.6 Å². The van der Waals surface area contributed by atoms with Gasteiger partial charge >= 0.3 is 5.97 Å². The summed E-state index contributed by atoms with van der Waals surface area (Å²) in [5.41, 5.74) is 5.98. The molecule has 0 bridgehead atoms. The van der Waals surface area contributed by atoms with E-state index >= 15 is 0 Å². The van der Waals surface area contributed by atoms with E-state index in [1.165, 1.54) is 109 Å². The molecule has 4 nitrogen and oxygen atoms in total. The normalized spacial score (nSPS) is 13.4. The van der Waals surface area contributed by atoms with E-state index in [4.69, 9.17) is 10.5 Å². The molecule has 0 spiro atoms. The first-order valence-corrected chi connectivity index (χ1v) is 14.9. The fraction of sp³-hybridized carbons (Fsp3) is 0.900. The van der Waals surface area contributed by atoms with Crippen molar-refractivity contribution in [3.05, 3.63) is 12.2 Å². The molecule has 0 saturated carbocycles. The number of nitrogens with two attached hydrogens (primary N) is 1. The van der Waals surface area contributed by atoms with Crippen LogP contribution in [0, 0.1) is 0 Å². The van der Waals surface area contributed by atoms with Crippen LogP contribution in [0.2, 0.25) is 0 Å². The maximum absolute atomic E-state index is 11.9. The molecule has 0 aromatic carbocycles. The van der Waals surface area contributed by atoms with E-state index in [0.29, 0.717) is 6.42 Å². The predicted molar refractivity (Wildman–Crippen MR) is 147 cm³/mol. The standard InChI is InChI=1S/C30H59NO3/c1-3-5-7-9-11-13-14-15-16-18-19-21-23-25-29(32)28(31)27-34-30(33)26-24-22-20-17-12-10-8-6-4-2/h23,25,28-29,32H,3-22,24,26-27,31H2,1-2H3. The number of unbranched alkanes of at least 4 members (excludes halogenated alkanes) is 19. The van der Waals surface area contributed by atoms with Crippen LogP contribution in [0.4, 0.5) is 0 Å². The van der Waals surface area contributed by atoms with Gasteiger partial charge in [-0.25, -0.2) is 0 Å². The van der Waals surface area contributed by atoms with Crippen LogP contribution >= 0.6 is 0 Å². The third-order valence-corrected chi connectivity index (χ3v) is 6.67. The number of allylic oxidation sites excluding steroid dienone is 1. The number of ether oxygens (including phenoxy) is 1. The molecule has 0 fully saturated rings. The minimum Gasteiger partial charge on any atom is -0.464 e. The van der Waals surface area contributed by atoms with Gasteiger partial charge in [0.1, 0.15) is 6.61 Å². The lowest BCUT2D eigenvalue weighted by molar-refractivity contribution is -0.144. The summed E-state index contributed by atoms with van der Waals surface area (Å²) in [6.45, 7) is 4.59. The Kier molecular flexibility index (Phi) is 26.0. The number of aliphatic hydroxyl groups excluding tert-OH is 1. The predicted octanol–water partition coefficient (Wildman–Crippen LogP) is 8.40. The summed E-state index contributed by atoms with van der Waals surface area (Å²) in [4.78, 5) is 11.9. The number of aliphatic hydroxyl groups is 1. The molecule has 0 aliphatic carbocycles. The summed E-state index contributed by atoms with van der Waals surface area (Å²) in [6, 6.07) is -0.555. The lowest BCUT2D eigenvalue weighted by atomic mass is 10.0. The Balaban J connectivity index is 3.52. The van der Waals surface area contributed by atoms with Crippen molar-refractivity contribution in [1.29, 1.82) is 0 Å². The fourth-order valence-corrected chi connectivity index (χ4v) is 4.24. The van der Waals surface area contributed by atoms with E-state index in [9.17, 15) is 9.90 Å². The van der Waals surface area contributed by atoms with Crippen molar-refractivity contribution in [3.8, 4) is 0 Å². The van der Waals surface area contributed by atoms with Gasteiger partial charge in [-0.3, -0.25) is 4.79 Å². The average Bonchev–Trinajstić information content (AvgIpc) is 2.84. The number of carbonyl (C=O) groups excluding carboxylic acids is 1. The first-order chi connectivity index (χ1) is 16.6. The van der Waals surface area contributed by atoms with Gasteiger partial charge in [-0.15, -0.1) is 0 Å². The summed E-state index contributed by atoms with van der Waals surface area (Å²) < 4.78 is 5.26. The molecular weight excluding hydrogens is 422 g/mol. The molecule has 2 unspecified atom stereocenters. The number of esters is 1. The highest BCUT2D eigenvalue weighted by Crippen LogP contribution is 2.13. The first-order valence-electron chi connectivity index (χ1n) is 14.9. The van der Waals surface area contributed by atoms with Crippen molar-refractivity contribution in [3.63, 3.8) is 0 Å². The van der Waals surface area contributed by atoms with Crippen LogP contribution in [0.5, 0.6) is 0 Å². The molecule has 2 atom stereocenters. The fourth-order valence-electron chi connectivity index (χ4n) is 4.24. The molecule has 3 N–H and O–H groups in total. The minimum absolute atomic E-state index is 0.0835. The van der Waals surface area contributed by atoms with Crippen LogP contribution in [-0.4, -0.2) is 29.8 Å². The van der Waals surface area contributed by atoms with Crippen molar-refractivity contribution in [2.24, 2.45) is 5.73 Å². The number of carbonyl (C=O) groups is 1. The Morgan fingerprint density at radius 1 is 0.706 bits per heavy atom. The van der Waals surface area contributed by atoms with Gasteiger partial charge in [0, 0.05) is 6.42 Å². The number of hydrogen-bond donors (Lipinski definition) is 2. The molecule has 0 amide bonds. The lowest BCUT2D eigenvalue weighted by Crippen LogP contribution is -2.38. The average molecular weight is 482 g/mol. The number of rotatable bonds is 26. The summed E-state index contributed by atoms with van der Waals surface area (Å²) in [5, 5.41) is 10.2. The van der Waals surface area contributed by atoms with Gasteiger partial charge in [-0.05, 0) is 19.3 Å². The monoisotopic (exact) mass is 481 g/mol. The lowest BCUT2D eigenvalue weighted by Gasteiger charge is -2.15. The summed E-state index contributed by atoms with van der Waals surface area (Å²) in [5.74, 6) is -0.199. The van der Waals surface area contributed by atoms with Gasteiger partial charge in [0.2, 0.25) is 0 Å². The molecule has 0 aromatic heterocycles. The molecular formula is C30H59NO3. The number of hydrogen-bond acceptors (Lipinski definition) is 4. The Bertz CT molecular complexity index is 452. The van der Waals surface area contributed by atoms with Crippen LogP contribution in [0.25, 0.3) is 0 Å². The highest BCUT2D eigenvalue weighted by molar-refractivity contribution is 5.69. The van der Waals surface area contributed by atoms with Gasteiger partial charge in [0.25, 0.3) is 0 Å². The molecule has 34 heavy (non-hydrogen) atoms. The van der Waals surface area contributed by atoms with E-state index in [1.54, 1.807) is 6.08 Å². The third-order valence-electron chi connectivity index (χ3n) is 6.67. The van der Waals surface area contributed by atoms with E-state index in [-0.39, 0.29) is 12.6 Å². The van der Waals surface area contributed by atoms with Crippen molar-refractivity contribution in [2.75, 3.05) is 6.61 Å². The molecule has 0 heterocycles. The van der Waals surface area contributed by atoms with Gasteiger partial charge in [-0.1, -0.05) is 142 Å². The van der Waals surface area contributed by atoms with Gasteiger partial charge in [-0.2, -0.15) is 0 Å². The highest BCUT2D eigenvalue weighted by Gasteiger charge is 2.14. The molecule has 0 rings (SSSR count). The summed E-state index contributed by atoms with van der Waals surface area (Å²) in [6.07, 6.45) is 30.2. The zero-order valence-electron chi connectivity index (χ0n) is 22.9. The third kappa shape index (κ3) is 24.3. The SMILES string of the molecule is CCCCCCCCCCCCCC=CC(O)C(N)COC(=O)CCCCCCCCCCC. The molecule has 202 valence electrons. The second kappa shape index (κ2) is 26.7. The largest absolute Gasteiger partial charge is 0.464 e. The van der Waals surface area contributed by atoms with Gasteiger partial charge in [0.05, 0.1) is 12.1 Å². The molecule has 0 aromatic rings. The Labute approximate surface area is 212 Å². The molecule has 0 saturated heterocycles. The van der Waals surface area contributed by atoms with Crippen LogP contribution < -0.4 is 5.73 Å². The van der Waals surface area contributed by atoms with Crippen molar-refractivity contribution >= 4 is 5.97 Å². The Hall–Kier alpha value is -0.870. The maximum Gasteiger partial charge on any atom is 0.305 e. The van der Waals surface area contributed by atoms with Crippen LogP contribution in [0.15, 0.2) is 12.2 Å². The van der Waals surface area contributed by atoms with E-state index in [2.05, 4.69) is 13.8 Å². The Morgan fingerprint density at radius 3 is 1.59 bits per heavy atom. The topological polar surface area (TPSA) is 72.6 Å². The second-order valence-electron chi connectivity index (χ2n) is 10.2. The van der Waals surface area contributed by atoms with Gasteiger partial charge in [0.15, 0.2) is 0 Å². The van der Waals surface area contributed by atoms with Crippen molar-refractivity contribution in [1.82, 2.24) is 0 Å². The van der Waals surface area contributed by atoms with Gasteiger partial charge < -0.3 is 15.6 Å². The smallest absolute Gasteiger partial charge is 0.305 e. The molecule has 0 radical (unpaired) electrons. The molecule has 4 heteroatoms. The molecule has 0 aliphatic rings. The summed E-state index contributed by atoms with van der Waals surface area (Å²) >= 11 is 0. The Morgan fingerprint density at radius 2 is 1.12 bits per heavy atom. The second-order valence-corrected chi connectivity index (χ2v) is 10.2. The van der Waals surface area contributed by atoms with E-state index in [1.807, 2.05) is 6.08 Å². The minimum atomic E-state index is -0.756. The van der Waals surface area contributed by atoms with Crippen molar-refractivity contribution in [2.45, 2.75) is 167 Å². The maximum atomic E-state index is 11.9. The summed E-state index contributed by atoms with van der Waals surface area (Å²) in [7, 11) is 0.